The van der Waals surface area contributed by atoms with Gasteiger partial charge < -0.3 is 5.32 Å². The molecule has 0 atom stereocenters. The fraction of sp³-hybridized carbons (Fsp3) is 0.579. The molecule has 4 saturated carbocycles. The molecule has 0 spiro atoms. The van der Waals surface area contributed by atoms with E-state index in [2.05, 4.69) is 35.0 Å². The van der Waals surface area contributed by atoms with E-state index in [4.69, 9.17) is 0 Å². The summed E-state index contributed by atoms with van der Waals surface area (Å²) in [5.74, 6) is 3.09. The molecule has 1 N–H and O–H groups in total. The van der Waals surface area contributed by atoms with E-state index in [0.29, 0.717) is 5.54 Å². The summed E-state index contributed by atoms with van der Waals surface area (Å²) in [6.07, 6.45) is 8.93. The van der Waals surface area contributed by atoms with Crippen LogP contribution < -0.4 is 5.32 Å². The van der Waals surface area contributed by atoms with Gasteiger partial charge in [0.25, 0.3) is 0 Å². The van der Waals surface area contributed by atoms with Crippen LogP contribution in [0.4, 0.5) is 0 Å². The summed E-state index contributed by atoms with van der Waals surface area (Å²) >= 11 is 3.81. The highest BCUT2D eigenvalue weighted by Gasteiger charge is 2.50. The topological polar surface area (TPSA) is 12.0 Å². The molecule has 2 heterocycles. The van der Waals surface area contributed by atoms with Crippen LogP contribution in [0.25, 0.3) is 9.75 Å². The SMILES string of the molecule is c1csc(-c2ccc(CNC34CC5CC(CC(C5)C3)C4)s2)c1. The van der Waals surface area contributed by atoms with Gasteiger partial charge in [-0.05, 0) is 79.9 Å². The second-order valence-electron chi connectivity index (χ2n) is 7.79. The minimum atomic E-state index is 0.488. The molecule has 0 unspecified atom stereocenters. The quantitative estimate of drug-likeness (QED) is 0.777. The van der Waals surface area contributed by atoms with E-state index in [1.807, 2.05) is 22.7 Å². The summed E-state index contributed by atoms with van der Waals surface area (Å²) in [6.45, 7) is 1.07. The van der Waals surface area contributed by atoms with Crippen molar-refractivity contribution in [1.82, 2.24) is 5.32 Å². The first-order valence-electron chi connectivity index (χ1n) is 8.66. The van der Waals surface area contributed by atoms with Gasteiger partial charge in [0.15, 0.2) is 0 Å². The standard InChI is InChI=1S/C19H23NS2/c1-2-17(21-5-1)18-4-3-16(22-18)12-20-19-9-13-6-14(10-19)8-15(7-13)11-19/h1-5,13-15,20H,6-12H2. The molecule has 0 aliphatic heterocycles. The van der Waals surface area contributed by atoms with Crippen molar-refractivity contribution < 1.29 is 0 Å². The van der Waals surface area contributed by atoms with Gasteiger partial charge in [0.2, 0.25) is 0 Å². The van der Waals surface area contributed by atoms with Crippen molar-refractivity contribution in [2.45, 2.75) is 50.6 Å². The van der Waals surface area contributed by atoms with Crippen molar-refractivity contribution in [3.8, 4) is 9.75 Å². The molecule has 0 saturated heterocycles. The van der Waals surface area contributed by atoms with Crippen LogP contribution in [0.1, 0.15) is 43.4 Å². The number of hydrogen-bond donors (Lipinski definition) is 1. The monoisotopic (exact) mass is 329 g/mol. The van der Waals surface area contributed by atoms with Crippen LogP contribution in [-0.4, -0.2) is 5.54 Å². The Hall–Kier alpha value is -0.640. The van der Waals surface area contributed by atoms with Gasteiger partial charge in [0, 0.05) is 26.7 Å². The second kappa shape index (κ2) is 5.19. The first kappa shape index (κ1) is 13.8. The molecule has 1 nitrogen and oxygen atoms in total. The number of thiophene rings is 2. The summed E-state index contributed by atoms with van der Waals surface area (Å²) in [5.41, 5.74) is 0.488. The van der Waals surface area contributed by atoms with Gasteiger partial charge >= 0.3 is 0 Å². The Labute approximate surface area is 140 Å². The van der Waals surface area contributed by atoms with E-state index in [1.165, 1.54) is 53.2 Å². The normalized spacial score (nSPS) is 36.1. The van der Waals surface area contributed by atoms with E-state index in [1.54, 1.807) is 0 Å². The summed E-state index contributed by atoms with van der Waals surface area (Å²) in [6, 6.07) is 9.00. The zero-order valence-electron chi connectivity index (χ0n) is 12.9. The summed E-state index contributed by atoms with van der Waals surface area (Å²) in [4.78, 5) is 4.34. The molecule has 4 aliphatic rings. The lowest BCUT2D eigenvalue weighted by molar-refractivity contribution is -0.0204. The molecule has 4 aliphatic carbocycles. The van der Waals surface area contributed by atoms with Crippen molar-refractivity contribution in [2.24, 2.45) is 17.8 Å². The van der Waals surface area contributed by atoms with Crippen LogP contribution >= 0.6 is 22.7 Å². The number of nitrogens with one attached hydrogen (secondary N) is 1. The van der Waals surface area contributed by atoms with Crippen LogP contribution in [0.2, 0.25) is 0 Å². The van der Waals surface area contributed by atoms with Gasteiger partial charge in [0.1, 0.15) is 0 Å². The van der Waals surface area contributed by atoms with Gasteiger partial charge in [-0.15, -0.1) is 22.7 Å². The fourth-order valence-corrected chi connectivity index (χ4v) is 7.41. The first-order chi connectivity index (χ1) is 10.8. The van der Waals surface area contributed by atoms with Crippen molar-refractivity contribution >= 4 is 22.7 Å². The van der Waals surface area contributed by atoms with E-state index < -0.39 is 0 Å². The van der Waals surface area contributed by atoms with E-state index >= 15 is 0 Å². The highest BCUT2D eigenvalue weighted by Crippen LogP contribution is 2.55. The summed E-state index contributed by atoms with van der Waals surface area (Å²) in [7, 11) is 0. The fourth-order valence-electron chi connectivity index (χ4n) is 5.63. The van der Waals surface area contributed by atoms with E-state index in [-0.39, 0.29) is 0 Å². The van der Waals surface area contributed by atoms with Crippen LogP contribution in [0.15, 0.2) is 29.6 Å². The minimum Gasteiger partial charge on any atom is -0.306 e. The van der Waals surface area contributed by atoms with Crippen molar-refractivity contribution in [3.63, 3.8) is 0 Å². The molecular weight excluding hydrogens is 306 g/mol. The maximum atomic E-state index is 4.02. The Morgan fingerprint density at radius 2 is 1.68 bits per heavy atom. The first-order valence-corrected chi connectivity index (χ1v) is 10.4. The van der Waals surface area contributed by atoms with Gasteiger partial charge in [-0.1, -0.05) is 6.07 Å². The molecule has 4 bridgehead atoms. The van der Waals surface area contributed by atoms with Crippen LogP contribution in [-0.2, 0) is 6.54 Å². The Morgan fingerprint density at radius 1 is 0.955 bits per heavy atom. The molecular formula is C19H23NS2. The maximum absolute atomic E-state index is 4.02. The Morgan fingerprint density at radius 3 is 2.32 bits per heavy atom. The lowest BCUT2D eigenvalue weighted by Crippen LogP contribution is -2.58. The van der Waals surface area contributed by atoms with Gasteiger partial charge in [-0.2, -0.15) is 0 Å². The Bertz CT molecular complexity index is 620. The molecule has 2 aromatic heterocycles. The van der Waals surface area contributed by atoms with Crippen LogP contribution in [0.3, 0.4) is 0 Å². The van der Waals surface area contributed by atoms with Gasteiger partial charge in [0.05, 0.1) is 0 Å². The van der Waals surface area contributed by atoms with E-state index in [9.17, 15) is 0 Å². The van der Waals surface area contributed by atoms with Crippen molar-refractivity contribution in [3.05, 3.63) is 34.5 Å². The highest BCUT2D eigenvalue weighted by molar-refractivity contribution is 7.21. The molecule has 0 aromatic carbocycles. The van der Waals surface area contributed by atoms with Crippen LogP contribution in [0, 0.1) is 17.8 Å². The zero-order valence-corrected chi connectivity index (χ0v) is 14.5. The predicted molar refractivity (Wildman–Crippen MR) is 95.4 cm³/mol. The highest BCUT2D eigenvalue weighted by atomic mass is 32.1. The third-order valence-electron chi connectivity index (χ3n) is 6.10. The third-order valence-corrected chi connectivity index (χ3v) is 8.25. The largest absolute Gasteiger partial charge is 0.306 e. The molecule has 4 fully saturated rings. The zero-order chi connectivity index (χ0) is 14.6. The maximum Gasteiger partial charge on any atom is 0.0445 e. The summed E-state index contributed by atoms with van der Waals surface area (Å²) < 4.78 is 0. The molecule has 6 rings (SSSR count). The lowest BCUT2D eigenvalue weighted by atomic mass is 9.53. The van der Waals surface area contributed by atoms with Gasteiger partial charge in [-0.3, -0.25) is 0 Å². The van der Waals surface area contributed by atoms with E-state index in [0.717, 1.165) is 24.3 Å². The van der Waals surface area contributed by atoms with Crippen molar-refractivity contribution in [2.75, 3.05) is 0 Å². The molecule has 2 aromatic rings. The molecule has 3 heteroatoms. The molecule has 0 radical (unpaired) electrons. The number of hydrogen-bond acceptors (Lipinski definition) is 3. The Balaban J connectivity index is 1.29. The van der Waals surface area contributed by atoms with Crippen molar-refractivity contribution in [1.29, 1.82) is 0 Å². The average Bonchev–Trinajstić information content (AvgIpc) is 3.15. The average molecular weight is 330 g/mol. The number of rotatable bonds is 4. The smallest absolute Gasteiger partial charge is 0.0445 e. The molecule has 116 valence electrons. The molecule has 0 amide bonds. The molecule has 22 heavy (non-hydrogen) atoms. The van der Waals surface area contributed by atoms with Crippen LogP contribution in [0.5, 0.6) is 0 Å². The third kappa shape index (κ3) is 2.38. The second-order valence-corrected chi connectivity index (χ2v) is 9.91. The van der Waals surface area contributed by atoms with Gasteiger partial charge in [-0.25, -0.2) is 0 Å². The predicted octanol–water partition coefficient (Wildman–Crippen LogP) is 5.54. The Kier molecular flexibility index (Phi) is 3.25. The minimum absolute atomic E-state index is 0.488. The lowest BCUT2D eigenvalue weighted by Gasteiger charge is -2.57. The summed E-state index contributed by atoms with van der Waals surface area (Å²) in [5, 5.41) is 6.19.